The van der Waals surface area contributed by atoms with E-state index in [9.17, 15) is 9.59 Å². The molecule has 0 unspecified atom stereocenters. The van der Waals surface area contributed by atoms with Crippen LogP contribution in [-0.2, 0) is 24.8 Å². The van der Waals surface area contributed by atoms with Gasteiger partial charge in [0.05, 0.1) is 12.9 Å². The molecule has 0 aliphatic rings. The van der Waals surface area contributed by atoms with Crippen LogP contribution in [0.25, 0.3) is 0 Å². The number of carbonyl (C=O) groups excluding carboxylic acids is 1. The fourth-order valence-corrected chi connectivity index (χ4v) is 1.75. The van der Waals surface area contributed by atoms with Gasteiger partial charge in [-0.05, 0) is 0 Å². The first-order chi connectivity index (χ1) is 10.1. The molecule has 0 radical (unpaired) electrons. The lowest BCUT2D eigenvalue weighted by Gasteiger charge is -2.14. The molecule has 0 bridgehead atoms. The smallest absolute Gasteiger partial charge is 0.326 e. The van der Waals surface area contributed by atoms with Gasteiger partial charge in [-0.2, -0.15) is 0 Å². The molecule has 0 aliphatic carbocycles. The summed E-state index contributed by atoms with van der Waals surface area (Å²) < 4.78 is 1.76. The van der Waals surface area contributed by atoms with Crippen molar-refractivity contribution in [3.8, 4) is 0 Å². The summed E-state index contributed by atoms with van der Waals surface area (Å²) in [6.07, 6.45) is 6.48. The molecule has 2 amide bonds. The largest absolute Gasteiger partial charge is 0.480 e. The molecule has 21 heavy (non-hydrogen) atoms. The molecule has 112 valence electrons. The van der Waals surface area contributed by atoms with Crippen molar-refractivity contribution in [1.82, 2.24) is 30.2 Å². The summed E-state index contributed by atoms with van der Waals surface area (Å²) in [5.74, 6) is -0.442. The van der Waals surface area contributed by atoms with Crippen LogP contribution in [0.1, 0.15) is 11.5 Å². The minimum absolute atomic E-state index is 0.130. The van der Waals surface area contributed by atoms with E-state index in [2.05, 4.69) is 25.6 Å². The van der Waals surface area contributed by atoms with Gasteiger partial charge in [0.1, 0.15) is 11.9 Å². The molecule has 9 nitrogen and oxygen atoms in total. The van der Waals surface area contributed by atoms with Gasteiger partial charge in [-0.1, -0.05) is 0 Å². The highest BCUT2D eigenvalue weighted by Crippen LogP contribution is 1.99. The van der Waals surface area contributed by atoms with Crippen LogP contribution in [0.15, 0.2) is 24.9 Å². The second-order valence-corrected chi connectivity index (χ2v) is 4.45. The highest BCUT2D eigenvalue weighted by molar-refractivity contribution is 5.82. The number of aromatic amines is 1. The van der Waals surface area contributed by atoms with Crippen molar-refractivity contribution in [2.45, 2.75) is 19.0 Å². The number of hydrogen-bond acceptors (Lipinski definition) is 4. The molecule has 4 N–H and O–H groups in total. The normalized spacial score (nSPS) is 11.9. The van der Waals surface area contributed by atoms with Gasteiger partial charge < -0.3 is 25.3 Å². The van der Waals surface area contributed by atoms with E-state index in [0.29, 0.717) is 11.5 Å². The Kier molecular flexibility index (Phi) is 4.54. The van der Waals surface area contributed by atoms with Crippen molar-refractivity contribution in [3.63, 3.8) is 0 Å². The van der Waals surface area contributed by atoms with Gasteiger partial charge in [0.25, 0.3) is 0 Å². The molecule has 0 aliphatic heterocycles. The molecule has 1 atom stereocenters. The Balaban J connectivity index is 1.86. The number of carboxylic acids is 1. The van der Waals surface area contributed by atoms with Crippen LogP contribution in [0.3, 0.4) is 0 Å². The quantitative estimate of drug-likeness (QED) is 0.578. The molecular formula is C12H16N6O3. The zero-order valence-electron chi connectivity index (χ0n) is 11.4. The Labute approximate surface area is 120 Å². The fourth-order valence-electron chi connectivity index (χ4n) is 1.75. The predicted octanol–water partition coefficient (Wildman–Crippen LogP) is -0.362. The number of carbonyl (C=O) groups is 2. The summed E-state index contributed by atoms with van der Waals surface area (Å²) in [6, 6.07) is -1.60. The van der Waals surface area contributed by atoms with E-state index in [4.69, 9.17) is 5.11 Å². The van der Waals surface area contributed by atoms with Crippen LogP contribution >= 0.6 is 0 Å². The van der Waals surface area contributed by atoms with Crippen LogP contribution in [0, 0.1) is 0 Å². The maximum atomic E-state index is 11.7. The average molecular weight is 292 g/mol. The first-order valence-electron chi connectivity index (χ1n) is 6.27. The van der Waals surface area contributed by atoms with E-state index in [0.717, 1.165) is 0 Å². The molecular weight excluding hydrogens is 276 g/mol. The summed E-state index contributed by atoms with van der Waals surface area (Å²) in [6.45, 7) is 0.214. The van der Waals surface area contributed by atoms with Crippen molar-refractivity contribution in [2.24, 2.45) is 7.05 Å². The van der Waals surface area contributed by atoms with E-state index in [1.807, 2.05) is 0 Å². The summed E-state index contributed by atoms with van der Waals surface area (Å²) in [5.41, 5.74) is 0.631. The number of urea groups is 1. The number of aromatic nitrogens is 4. The van der Waals surface area contributed by atoms with Crippen LogP contribution in [0.2, 0.25) is 0 Å². The van der Waals surface area contributed by atoms with E-state index < -0.39 is 18.0 Å². The number of aliphatic carboxylic acids is 1. The first kappa shape index (κ1) is 14.6. The highest BCUT2D eigenvalue weighted by Gasteiger charge is 2.21. The number of H-pyrrole nitrogens is 1. The molecule has 2 aromatic heterocycles. The van der Waals surface area contributed by atoms with Crippen LogP contribution in [0.5, 0.6) is 0 Å². The Morgan fingerprint density at radius 1 is 1.52 bits per heavy atom. The van der Waals surface area contributed by atoms with Gasteiger partial charge in [0.15, 0.2) is 0 Å². The number of nitrogens with one attached hydrogen (secondary N) is 3. The lowest BCUT2D eigenvalue weighted by Crippen LogP contribution is -2.47. The molecule has 0 saturated carbocycles. The van der Waals surface area contributed by atoms with Crippen LogP contribution < -0.4 is 10.6 Å². The number of amides is 2. The monoisotopic (exact) mass is 292 g/mol. The Hall–Kier alpha value is -2.84. The van der Waals surface area contributed by atoms with E-state index in [1.165, 1.54) is 12.5 Å². The first-order valence-corrected chi connectivity index (χ1v) is 6.27. The van der Waals surface area contributed by atoms with Gasteiger partial charge in [0.2, 0.25) is 0 Å². The molecule has 0 saturated heterocycles. The van der Waals surface area contributed by atoms with E-state index >= 15 is 0 Å². The van der Waals surface area contributed by atoms with Crippen LogP contribution in [-0.4, -0.2) is 42.7 Å². The second kappa shape index (κ2) is 6.55. The van der Waals surface area contributed by atoms with Gasteiger partial charge in [-0.25, -0.2) is 19.6 Å². The maximum absolute atomic E-state index is 11.7. The van der Waals surface area contributed by atoms with Gasteiger partial charge in [-0.3, -0.25) is 0 Å². The minimum atomic E-state index is -1.11. The van der Waals surface area contributed by atoms with Crippen molar-refractivity contribution in [1.29, 1.82) is 0 Å². The van der Waals surface area contributed by atoms with Gasteiger partial charge in [-0.15, -0.1) is 0 Å². The fraction of sp³-hybridized carbons (Fsp3) is 0.333. The van der Waals surface area contributed by atoms with Gasteiger partial charge in [0, 0.05) is 37.8 Å². The Morgan fingerprint density at radius 2 is 2.33 bits per heavy atom. The third kappa shape index (κ3) is 4.06. The number of aryl methyl sites for hydroxylation is 1. The van der Waals surface area contributed by atoms with E-state index in [1.54, 1.807) is 24.0 Å². The second-order valence-electron chi connectivity index (χ2n) is 4.45. The molecule has 2 heterocycles. The summed E-state index contributed by atoms with van der Waals surface area (Å²) in [4.78, 5) is 33.6. The summed E-state index contributed by atoms with van der Waals surface area (Å²) in [7, 11) is 1.81. The number of nitrogens with zero attached hydrogens (tertiary/aromatic N) is 3. The molecule has 2 rings (SSSR count). The third-order valence-electron chi connectivity index (χ3n) is 2.91. The molecule has 9 heteroatoms. The summed E-state index contributed by atoms with van der Waals surface area (Å²) in [5, 5.41) is 14.1. The lowest BCUT2D eigenvalue weighted by molar-refractivity contribution is -0.139. The zero-order valence-corrected chi connectivity index (χ0v) is 11.4. The summed E-state index contributed by atoms with van der Waals surface area (Å²) >= 11 is 0. The highest BCUT2D eigenvalue weighted by atomic mass is 16.4. The molecule has 0 spiro atoms. The van der Waals surface area contributed by atoms with Crippen molar-refractivity contribution < 1.29 is 14.7 Å². The molecule has 2 aromatic rings. The third-order valence-corrected chi connectivity index (χ3v) is 2.91. The predicted molar refractivity (Wildman–Crippen MR) is 72.3 cm³/mol. The zero-order chi connectivity index (χ0) is 15.2. The average Bonchev–Trinajstić information content (AvgIpc) is 3.07. The topological polar surface area (TPSA) is 125 Å². The van der Waals surface area contributed by atoms with Gasteiger partial charge >= 0.3 is 12.0 Å². The standard InChI is InChI=1S/C12H16N6O3/c1-18-3-2-14-10(18)6-15-12(21)17-9(11(19)20)4-8-5-13-7-16-8/h2-3,5,7,9H,4,6H2,1H3,(H,13,16)(H,19,20)(H2,15,17,21)/t9-/m0/s1. The van der Waals surface area contributed by atoms with Crippen molar-refractivity contribution in [3.05, 3.63) is 36.4 Å². The number of carboxylic acid groups (broad SMARTS) is 1. The number of rotatable bonds is 6. The molecule has 0 fully saturated rings. The number of hydrogen-bond donors (Lipinski definition) is 4. The number of imidazole rings is 2. The SMILES string of the molecule is Cn1ccnc1CNC(=O)N[C@@H](Cc1cnc[nH]1)C(=O)O. The maximum Gasteiger partial charge on any atom is 0.326 e. The Bertz CT molecular complexity index is 606. The minimum Gasteiger partial charge on any atom is -0.480 e. The Morgan fingerprint density at radius 3 is 2.90 bits per heavy atom. The van der Waals surface area contributed by atoms with Crippen molar-refractivity contribution >= 4 is 12.0 Å². The van der Waals surface area contributed by atoms with Crippen molar-refractivity contribution in [2.75, 3.05) is 0 Å². The van der Waals surface area contributed by atoms with Crippen LogP contribution in [0.4, 0.5) is 4.79 Å². The van der Waals surface area contributed by atoms with E-state index in [-0.39, 0.29) is 13.0 Å². The molecule has 0 aromatic carbocycles. The lowest BCUT2D eigenvalue weighted by atomic mass is 10.2.